The Kier molecular flexibility index (Phi) is 3.93. The van der Waals surface area contributed by atoms with Crippen molar-refractivity contribution in [2.24, 2.45) is 0 Å². The molecule has 3 fully saturated rings. The fourth-order valence-corrected chi connectivity index (χ4v) is 4.21. The number of carbonyl (C=O) groups is 1. The normalized spacial score (nSPS) is 27.7. The summed E-state index contributed by atoms with van der Waals surface area (Å²) in [5, 5.41) is 0. The molecule has 124 valence electrons. The highest BCUT2D eigenvalue weighted by Crippen LogP contribution is 2.34. The van der Waals surface area contributed by atoms with E-state index in [-0.39, 0.29) is 17.8 Å². The first-order valence-corrected chi connectivity index (χ1v) is 8.61. The van der Waals surface area contributed by atoms with Gasteiger partial charge in [-0.1, -0.05) is 0 Å². The first kappa shape index (κ1) is 14.9. The van der Waals surface area contributed by atoms with Crippen molar-refractivity contribution >= 4 is 11.7 Å². The number of amides is 1. The first-order chi connectivity index (χ1) is 11.2. The summed E-state index contributed by atoms with van der Waals surface area (Å²) in [5.41, 5.74) is 0. The lowest BCUT2D eigenvalue weighted by molar-refractivity contribution is -0.133. The number of hydrogen-bond acceptors (Lipinski definition) is 4. The van der Waals surface area contributed by atoms with Gasteiger partial charge in [-0.2, -0.15) is 0 Å². The second-order valence-electron chi connectivity index (χ2n) is 6.88. The van der Waals surface area contributed by atoms with Crippen molar-refractivity contribution in [1.82, 2.24) is 14.8 Å². The number of likely N-dealkylation sites (tertiary alicyclic amines) is 2. The molecular weight excluding hydrogens is 295 g/mol. The summed E-state index contributed by atoms with van der Waals surface area (Å²) < 4.78 is 13.9. The molecule has 2 bridgehead atoms. The van der Waals surface area contributed by atoms with Gasteiger partial charge in [-0.3, -0.25) is 9.69 Å². The van der Waals surface area contributed by atoms with Gasteiger partial charge in [0.25, 0.3) is 0 Å². The highest BCUT2D eigenvalue weighted by molar-refractivity contribution is 5.78. The molecule has 2 atom stereocenters. The molecule has 0 radical (unpaired) electrons. The van der Waals surface area contributed by atoms with Gasteiger partial charge in [0, 0.05) is 44.5 Å². The Morgan fingerprint density at radius 1 is 1.22 bits per heavy atom. The third-order valence-electron chi connectivity index (χ3n) is 5.41. The number of aromatic nitrogens is 1. The second kappa shape index (κ2) is 6.07. The van der Waals surface area contributed by atoms with Crippen molar-refractivity contribution in [2.45, 2.75) is 37.8 Å². The van der Waals surface area contributed by atoms with Crippen LogP contribution in [0, 0.1) is 5.82 Å². The van der Waals surface area contributed by atoms with Crippen molar-refractivity contribution in [3.05, 3.63) is 24.1 Å². The topological polar surface area (TPSA) is 39.7 Å². The fraction of sp³-hybridized carbons (Fsp3) is 0.647. The maximum Gasteiger partial charge on any atom is 0.236 e. The molecule has 3 aliphatic rings. The molecule has 4 rings (SSSR count). The van der Waals surface area contributed by atoms with Crippen molar-refractivity contribution in [2.75, 3.05) is 37.6 Å². The van der Waals surface area contributed by atoms with E-state index in [0.29, 0.717) is 18.4 Å². The summed E-state index contributed by atoms with van der Waals surface area (Å²) in [6.07, 6.45) is 6.14. The SMILES string of the molecule is O=C(CN1CC2CC1CN2c1ncccc1F)N1CCCCC1. The van der Waals surface area contributed by atoms with Crippen LogP contribution in [0.25, 0.3) is 0 Å². The molecule has 0 N–H and O–H groups in total. The molecule has 23 heavy (non-hydrogen) atoms. The summed E-state index contributed by atoms with van der Waals surface area (Å²) in [6.45, 7) is 3.93. The van der Waals surface area contributed by atoms with Crippen LogP contribution < -0.4 is 4.90 Å². The largest absolute Gasteiger partial charge is 0.348 e. The standard InChI is InChI=1S/C17H23FN4O/c18-15-5-4-6-19-17(15)22-11-13-9-14(22)10-21(13)12-16(23)20-7-2-1-3-8-20/h4-6,13-14H,1-3,7-12H2. The Labute approximate surface area is 136 Å². The lowest BCUT2D eigenvalue weighted by atomic mass is 10.1. The number of pyridine rings is 1. The van der Waals surface area contributed by atoms with Crippen molar-refractivity contribution in [3.8, 4) is 0 Å². The minimum atomic E-state index is -0.254. The van der Waals surface area contributed by atoms with E-state index in [1.54, 1.807) is 12.3 Å². The molecule has 1 amide bonds. The van der Waals surface area contributed by atoms with E-state index >= 15 is 0 Å². The maximum absolute atomic E-state index is 13.9. The van der Waals surface area contributed by atoms with Gasteiger partial charge < -0.3 is 9.80 Å². The zero-order chi connectivity index (χ0) is 15.8. The van der Waals surface area contributed by atoms with Crippen LogP contribution in [-0.4, -0.2) is 65.5 Å². The minimum absolute atomic E-state index is 0.254. The smallest absolute Gasteiger partial charge is 0.236 e. The van der Waals surface area contributed by atoms with E-state index in [1.165, 1.54) is 12.5 Å². The van der Waals surface area contributed by atoms with E-state index < -0.39 is 0 Å². The molecule has 1 aromatic rings. The summed E-state index contributed by atoms with van der Waals surface area (Å²) >= 11 is 0. The van der Waals surface area contributed by atoms with Crippen LogP contribution in [0.15, 0.2) is 18.3 Å². The van der Waals surface area contributed by atoms with E-state index in [2.05, 4.69) is 14.8 Å². The summed E-state index contributed by atoms with van der Waals surface area (Å²) in [7, 11) is 0. The Morgan fingerprint density at radius 2 is 2.04 bits per heavy atom. The maximum atomic E-state index is 13.9. The zero-order valence-corrected chi connectivity index (χ0v) is 13.3. The monoisotopic (exact) mass is 318 g/mol. The second-order valence-corrected chi connectivity index (χ2v) is 6.88. The van der Waals surface area contributed by atoms with E-state index in [4.69, 9.17) is 0 Å². The molecule has 0 aliphatic carbocycles. The molecule has 0 aromatic carbocycles. The third-order valence-corrected chi connectivity index (χ3v) is 5.41. The molecule has 2 unspecified atom stereocenters. The highest BCUT2D eigenvalue weighted by atomic mass is 19.1. The molecule has 0 saturated carbocycles. The summed E-state index contributed by atoms with van der Waals surface area (Å²) in [5.74, 6) is 0.464. The van der Waals surface area contributed by atoms with Crippen molar-refractivity contribution < 1.29 is 9.18 Å². The number of piperidine rings is 1. The number of piperazine rings is 1. The number of anilines is 1. The number of nitrogens with zero attached hydrogens (tertiary/aromatic N) is 4. The minimum Gasteiger partial charge on any atom is -0.348 e. The summed E-state index contributed by atoms with van der Waals surface area (Å²) in [6, 6.07) is 3.71. The number of rotatable bonds is 3. The number of fused-ring (bicyclic) bond motifs is 2. The van der Waals surface area contributed by atoms with Gasteiger partial charge in [-0.25, -0.2) is 9.37 Å². The van der Waals surface area contributed by atoms with Crippen LogP contribution >= 0.6 is 0 Å². The van der Waals surface area contributed by atoms with Gasteiger partial charge in [0.1, 0.15) is 0 Å². The van der Waals surface area contributed by atoms with Gasteiger partial charge in [0.15, 0.2) is 11.6 Å². The van der Waals surface area contributed by atoms with E-state index in [1.807, 2.05) is 4.90 Å². The average Bonchev–Trinajstić information content (AvgIpc) is 3.16. The Balaban J connectivity index is 1.37. The molecule has 0 spiro atoms. The molecular formula is C17H23FN4O. The van der Waals surface area contributed by atoms with Gasteiger partial charge >= 0.3 is 0 Å². The van der Waals surface area contributed by atoms with Crippen LogP contribution in [0.3, 0.4) is 0 Å². The molecule has 4 heterocycles. The van der Waals surface area contributed by atoms with Crippen LogP contribution in [0.5, 0.6) is 0 Å². The van der Waals surface area contributed by atoms with Gasteiger partial charge in [0.2, 0.25) is 5.91 Å². The molecule has 1 aromatic heterocycles. The van der Waals surface area contributed by atoms with Crippen molar-refractivity contribution in [3.63, 3.8) is 0 Å². The van der Waals surface area contributed by atoms with Crippen LogP contribution in [0.2, 0.25) is 0 Å². The average molecular weight is 318 g/mol. The van der Waals surface area contributed by atoms with Crippen molar-refractivity contribution in [1.29, 1.82) is 0 Å². The number of carbonyl (C=O) groups excluding carboxylic acids is 1. The first-order valence-electron chi connectivity index (χ1n) is 8.61. The lowest BCUT2D eigenvalue weighted by Gasteiger charge is -2.36. The molecule has 5 nitrogen and oxygen atoms in total. The Hall–Kier alpha value is -1.69. The Bertz CT molecular complexity index is 590. The predicted molar refractivity (Wildman–Crippen MR) is 85.7 cm³/mol. The van der Waals surface area contributed by atoms with Gasteiger partial charge in [0.05, 0.1) is 6.54 Å². The molecule has 3 saturated heterocycles. The van der Waals surface area contributed by atoms with Gasteiger partial charge in [-0.05, 0) is 37.8 Å². The third kappa shape index (κ3) is 2.80. The fourth-order valence-electron chi connectivity index (χ4n) is 4.21. The predicted octanol–water partition coefficient (Wildman–Crippen LogP) is 1.50. The quantitative estimate of drug-likeness (QED) is 0.847. The van der Waals surface area contributed by atoms with Gasteiger partial charge in [-0.15, -0.1) is 0 Å². The van der Waals surface area contributed by atoms with Crippen LogP contribution in [-0.2, 0) is 4.79 Å². The highest BCUT2D eigenvalue weighted by Gasteiger charge is 2.45. The zero-order valence-electron chi connectivity index (χ0n) is 13.3. The number of hydrogen-bond donors (Lipinski definition) is 0. The lowest BCUT2D eigenvalue weighted by Crippen LogP contribution is -2.51. The summed E-state index contributed by atoms with van der Waals surface area (Å²) in [4.78, 5) is 23.0. The molecule has 6 heteroatoms. The number of halogens is 1. The van der Waals surface area contributed by atoms with E-state index in [0.717, 1.165) is 45.4 Å². The molecule has 3 aliphatic heterocycles. The Morgan fingerprint density at radius 3 is 2.74 bits per heavy atom. The van der Waals surface area contributed by atoms with E-state index in [9.17, 15) is 9.18 Å². The van der Waals surface area contributed by atoms with Crippen LogP contribution in [0.1, 0.15) is 25.7 Å². The van der Waals surface area contributed by atoms with Crippen LogP contribution in [0.4, 0.5) is 10.2 Å².